The zero-order valence-corrected chi connectivity index (χ0v) is 17.0. The van der Waals surface area contributed by atoms with E-state index >= 15 is 0 Å². The first-order valence-electron chi connectivity index (χ1n) is 9.08. The first kappa shape index (κ1) is 20.9. The first-order chi connectivity index (χ1) is 13.9. The predicted molar refractivity (Wildman–Crippen MR) is 111 cm³/mol. The number of carboxylic acids is 1. The van der Waals surface area contributed by atoms with Crippen LogP contribution < -0.4 is 0 Å². The number of carbonyl (C=O) groups is 3. The second-order valence-electron chi connectivity index (χ2n) is 6.75. The topological polar surface area (TPSA) is 87.2 Å². The van der Waals surface area contributed by atoms with Gasteiger partial charge in [-0.2, -0.15) is 22.6 Å². The van der Waals surface area contributed by atoms with Crippen LogP contribution >= 0.6 is 12.6 Å². The van der Waals surface area contributed by atoms with Gasteiger partial charge in [0, 0.05) is 25.6 Å². The Morgan fingerprint density at radius 2 is 1.59 bits per heavy atom. The van der Waals surface area contributed by atoms with Crippen LogP contribution in [-0.2, 0) is 14.3 Å². The monoisotopic (exact) mass is 414 g/mol. The maximum absolute atomic E-state index is 12.7. The SMILES string of the molecule is CC(=O)N(C(=O)OCC1c2ccccc2-c2ccccc21)N(C)[C@@H](CS)C(=O)O. The van der Waals surface area contributed by atoms with Crippen molar-refractivity contribution in [1.29, 1.82) is 0 Å². The minimum atomic E-state index is -1.19. The second-order valence-corrected chi connectivity index (χ2v) is 7.11. The van der Waals surface area contributed by atoms with Crippen molar-refractivity contribution >= 4 is 30.6 Å². The number of hydrogen-bond donors (Lipinski definition) is 2. The number of imide groups is 1. The summed E-state index contributed by atoms with van der Waals surface area (Å²) in [7, 11) is 1.35. The van der Waals surface area contributed by atoms with E-state index in [4.69, 9.17) is 4.74 Å². The molecular weight excluding hydrogens is 392 g/mol. The van der Waals surface area contributed by atoms with E-state index < -0.39 is 24.0 Å². The van der Waals surface area contributed by atoms with E-state index in [-0.39, 0.29) is 18.3 Å². The number of hydrazine groups is 1. The van der Waals surface area contributed by atoms with Crippen LogP contribution in [0.1, 0.15) is 24.0 Å². The van der Waals surface area contributed by atoms with Crippen LogP contribution in [0.3, 0.4) is 0 Å². The average molecular weight is 414 g/mol. The molecule has 2 amide bonds. The summed E-state index contributed by atoms with van der Waals surface area (Å²) in [5, 5.41) is 11.0. The van der Waals surface area contributed by atoms with Gasteiger partial charge in [0.15, 0.2) is 0 Å². The molecule has 2 aromatic rings. The van der Waals surface area contributed by atoms with Gasteiger partial charge >= 0.3 is 12.1 Å². The normalized spacial score (nSPS) is 13.5. The van der Waals surface area contributed by atoms with E-state index in [0.717, 1.165) is 27.3 Å². The number of thiol groups is 1. The van der Waals surface area contributed by atoms with Crippen molar-refractivity contribution in [3.05, 3.63) is 59.7 Å². The standard InChI is InChI=1S/C21H22N2O5S/c1-13(24)23(22(2)19(12-29)20(25)26)21(27)28-11-18-16-9-5-3-7-14(16)15-8-4-6-10-17(15)18/h3-10,18-19,29H,11-12H2,1-2H3,(H,25,26)/t19-/m0/s1. The highest BCUT2D eigenvalue weighted by molar-refractivity contribution is 7.80. The van der Waals surface area contributed by atoms with E-state index in [1.807, 2.05) is 48.5 Å². The van der Waals surface area contributed by atoms with E-state index in [0.29, 0.717) is 5.01 Å². The molecule has 1 N–H and O–H groups in total. The molecule has 2 aromatic carbocycles. The van der Waals surface area contributed by atoms with Crippen molar-refractivity contribution in [3.63, 3.8) is 0 Å². The van der Waals surface area contributed by atoms with Crippen molar-refractivity contribution in [3.8, 4) is 11.1 Å². The van der Waals surface area contributed by atoms with Crippen LogP contribution in [0.25, 0.3) is 11.1 Å². The molecule has 8 heteroatoms. The number of aliphatic carboxylic acids is 1. The highest BCUT2D eigenvalue weighted by Crippen LogP contribution is 2.44. The molecule has 152 valence electrons. The molecule has 1 atom stereocenters. The molecule has 7 nitrogen and oxygen atoms in total. The predicted octanol–water partition coefficient (Wildman–Crippen LogP) is 3.01. The van der Waals surface area contributed by atoms with Crippen molar-refractivity contribution in [1.82, 2.24) is 10.0 Å². The largest absolute Gasteiger partial charge is 0.480 e. The number of carbonyl (C=O) groups excluding carboxylic acids is 2. The van der Waals surface area contributed by atoms with Gasteiger partial charge in [0.1, 0.15) is 12.6 Å². The Labute approximate surface area is 174 Å². The highest BCUT2D eigenvalue weighted by atomic mass is 32.1. The number of likely N-dealkylation sites (N-methyl/N-ethyl adjacent to an activating group) is 1. The summed E-state index contributed by atoms with van der Waals surface area (Å²) in [5.74, 6) is -2.07. The van der Waals surface area contributed by atoms with Crippen molar-refractivity contribution in [2.45, 2.75) is 18.9 Å². The summed E-state index contributed by atoms with van der Waals surface area (Å²) in [6.07, 6.45) is -0.921. The Morgan fingerprint density at radius 1 is 1.07 bits per heavy atom. The molecule has 0 spiro atoms. The minimum absolute atomic E-state index is 0.0308. The number of ether oxygens (including phenoxy) is 1. The third-order valence-electron chi connectivity index (χ3n) is 5.03. The molecule has 1 aliphatic carbocycles. The average Bonchev–Trinajstić information content (AvgIpc) is 3.00. The Kier molecular flexibility index (Phi) is 6.24. The maximum Gasteiger partial charge on any atom is 0.431 e. The number of benzene rings is 2. The third kappa shape index (κ3) is 3.99. The van der Waals surface area contributed by atoms with Gasteiger partial charge in [-0.3, -0.25) is 9.59 Å². The number of hydrogen-bond acceptors (Lipinski definition) is 6. The van der Waals surface area contributed by atoms with Gasteiger partial charge in [-0.25, -0.2) is 4.79 Å². The summed E-state index contributed by atoms with van der Waals surface area (Å²) in [4.78, 5) is 36.1. The second kappa shape index (κ2) is 8.67. The fourth-order valence-corrected chi connectivity index (χ4v) is 4.02. The first-order valence-corrected chi connectivity index (χ1v) is 9.72. The van der Waals surface area contributed by atoms with Crippen molar-refractivity contribution < 1.29 is 24.2 Å². The van der Waals surface area contributed by atoms with Crippen molar-refractivity contribution in [2.24, 2.45) is 0 Å². The Bertz CT molecular complexity index is 903. The van der Waals surface area contributed by atoms with Crippen molar-refractivity contribution in [2.75, 3.05) is 19.4 Å². The molecule has 1 aliphatic rings. The number of rotatable bonds is 6. The molecular formula is C21H22N2O5S. The van der Waals surface area contributed by atoms with Crippen LogP contribution in [-0.4, -0.2) is 58.5 Å². The van der Waals surface area contributed by atoms with Gasteiger partial charge in [0.2, 0.25) is 5.91 Å². The summed E-state index contributed by atoms with van der Waals surface area (Å²) in [6, 6.07) is 14.7. The quantitative estimate of drug-likeness (QED) is 0.558. The Balaban J connectivity index is 1.80. The molecule has 0 heterocycles. The van der Waals surface area contributed by atoms with E-state index in [1.165, 1.54) is 14.0 Å². The zero-order valence-electron chi connectivity index (χ0n) is 16.1. The van der Waals surface area contributed by atoms with Crippen LogP contribution in [0, 0.1) is 0 Å². The molecule has 0 unspecified atom stereocenters. The number of carboxylic acid groups (broad SMARTS) is 1. The number of nitrogens with zero attached hydrogens (tertiary/aromatic N) is 2. The van der Waals surface area contributed by atoms with Gasteiger partial charge in [-0.05, 0) is 22.3 Å². The van der Waals surface area contributed by atoms with E-state index in [1.54, 1.807) is 0 Å². The van der Waals surface area contributed by atoms with Crippen LogP contribution in [0.2, 0.25) is 0 Å². The van der Waals surface area contributed by atoms with Gasteiger partial charge < -0.3 is 9.84 Å². The minimum Gasteiger partial charge on any atom is -0.480 e. The lowest BCUT2D eigenvalue weighted by molar-refractivity contribution is -0.154. The molecule has 0 aromatic heterocycles. The van der Waals surface area contributed by atoms with Gasteiger partial charge in [-0.15, -0.1) is 0 Å². The maximum atomic E-state index is 12.7. The van der Waals surface area contributed by atoms with Gasteiger partial charge in [0.05, 0.1) is 0 Å². The lowest BCUT2D eigenvalue weighted by Crippen LogP contribution is -2.55. The zero-order chi connectivity index (χ0) is 21.1. The third-order valence-corrected chi connectivity index (χ3v) is 5.38. The smallest absolute Gasteiger partial charge is 0.431 e. The van der Waals surface area contributed by atoms with Gasteiger partial charge in [-0.1, -0.05) is 48.5 Å². The molecule has 3 rings (SSSR count). The number of amides is 2. The summed E-state index contributed by atoms with van der Waals surface area (Å²) >= 11 is 4.00. The lowest BCUT2D eigenvalue weighted by Gasteiger charge is -2.32. The molecule has 29 heavy (non-hydrogen) atoms. The molecule has 0 aliphatic heterocycles. The molecule has 0 bridgehead atoms. The van der Waals surface area contributed by atoms with E-state index in [9.17, 15) is 19.5 Å². The van der Waals surface area contributed by atoms with Crippen LogP contribution in [0.15, 0.2) is 48.5 Å². The fraction of sp³-hybridized carbons (Fsp3) is 0.286. The fourth-order valence-electron chi connectivity index (χ4n) is 3.63. The number of fused-ring (bicyclic) bond motifs is 3. The molecule has 0 saturated carbocycles. The summed E-state index contributed by atoms with van der Waals surface area (Å²) in [5.41, 5.74) is 4.27. The van der Waals surface area contributed by atoms with Crippen LogP contribution in [0.4, 0.5) is 4.79 Å². The Hall–Kier alpha value is -2.84. The highest BCUT2D eigenvalue weighted by Gasteiger charge is 2.34. The molecule has 0 saturated heterocycles. The summed E-state index contributed by atoms with van der Waals surface area (Å²) < 4.78 is 5.47. The lowest BCUT2D eigenvalue weighted by atomic mass is 9.98. The Morgan fingerprint density at radius 3 is 2.03 bits per heavy atom. The van der Waals surface area contributed by atoms with E-state index in [2.05, 4.69) is 12.6 Å². The molecule has 0 fully saturated rings. The molecule has 0 radical (unpaired) electrons. The summed E-state index contributed by atoms with van der Waals surface area (Å²) in [6.45, 7) is 1.21. The van der Waals surface area contributed by atoms with Crippen LogP contribution in [0.5, 0.6) is 0 Å². The van der Waals surface area contributed by atoms with Gasteiger partial charge in [0.25, 0.3) is 0 Å².